The predicted molar refractivity (Wildman–Crippen MR) is 77.0 cm³/mol. The molecule has 0 bridgehead atoms. The summed E-state index contributed by atoms with van der Waals surface area (Å²) >= 11 is 3.60. The van der Waals surface area contributed by atoms with Crippen LogP contribution in [-0.2, 0) is 9.47 Å². The Kier molecular flexibility index (Phi) is 5.38. The molecule has 0 amide bonds. The van der Waals surface area contributed by atoms with E-state index in [4.69, 9.17) is 9.47 Å². The topological polar surface area (TPSA) is 48.3 Å². The smallest absolute Gasteiger partial charge is 0.159 e. The number of rotatable bonds is 6. The van der Waals surface area contributed by atoms with Gasteiger partial charge in [-0.3, -0.25) is 4.68 Å². The molecule has 1 aromatic heterocycles. The van der Waals surface area contributed by atoms with Crippen molar-refractivity contribution in [2.24, 2.45) is 0 Å². The summed E-state index contributed by atoms with van der Waals surface area (Å²) in [7, 11) is 0. The van der Waals surface area contributed by atoms with Crippen molar-refractivity contribution in [1.29, 1.82) is 0 Å². The van der Waals surface area contributed by atoms with Crippen LogP contribution < -0.4 is 5.32 Å². The highest BCUT2D eigenvalue weighted by atomic mass is 79.9. The maximum atomic E-state index is 5.56. The number of ether oxygens (including phenoxy) is 2. The molecule has 19 heavy (non-hydrogen) atoms. The Bertz CT molecular complexity index is 403. The van der Waals surface area contributed by atoms with E-state index < -0.39 is 0 Å². The second kappa shape index (κ2) is 6.83. The van der Waals surface area contributed by atoms with Crippen LogP contribution in [0.3, 0.4) is 0 Å². The lowest BCUT2D eigenvalue weighted by atomic mass is 10.1. The van der Waals surface area contributed by atoms with Crippen molar-refractivity contribution < 1.29 is 9.47 Å². The SMILES string of the molecule is CCNC(CC1OCCO1)c1c(Br)cnn1C(C)C. The Morgan fingerprint density at radius 2 is 2.16 bits per heavy atom. The molecule has 0 radical (unpaired) electrons. The fraction of sp³-hybridized carbons (Fsp3) is 0.769. The van der Waals surface area contributed by atoms with Gasteiger partial charge in [-0.05, 0) is 36.3 Å². The first-order valence-electron chi connectivity index (χ1n) is 6.83. The van der Waals surface area contributed by atoms with Crippen LogP contribution in [0, 0.1) is 0 Å². The van der Waals surface area contributed by atoms with Crippen LogP contribution in [0.2, 0.25) is 0 Å². The van der Waals surface area contributed by atoms with Gasteiger partial charge in [0.25, 0.3) is 0 Å². The molecule has 108 valence electrons. The first kappa shape index (κ1) is 15.0. The lowest BCUT2D eigenvalue weighted by molar-refractivity contribution is -0.0535. The van der Waals surface area contributed by atoms with Crippen LogP contribution in [0.25, 0.3) is 0 Å². The molecule has 1 fully saturated rings. The summed E-state index contributed by atoms with van der Waals surface area (Å²) in [6.45, 7) is 8.64. The van der Waals surface area contributed by atoms with E-state index in [1.165, 1.54) is 0 Å². The average Bonchev–Trinajstić information content (AvgIpc) is 2.97. The molecular formula is C13H22BrN3O2. The third kappa shape index (κ3) is 3.56. The summed E-state index contributed by atoms with van der Waals surface area (Å²) in [4.78, 5) is 0. The lowest BCUT2D eigenvalue weighted by Gasteiger charge is -2.23. The molecule has 2 rings (SSSR count). The van der Waals surface area contributed by atoms with Gasteiger partial charge < -0.3 is 14.8 Å². The molecule has 6 heteroatoms. The molecule has 0 aromatic carbocycles. The maximum Gasteiger partial charge on any atom is 0.159 e. The molecule has 1 unspecified atom stereocenters. The van der Waals surface area contributed by atoms with Gasteiger partial charge in [-0.1, -0.05) is 6.92 Å². The minimum atomic E-state index is -0.119. The zero-order chi connectivity index (χ0) is 13.8. The Hall–Kier alpha value is -0.430. The molecule has 1 aromatic rings. The second-order valence-electron chi connectivity index (χ2n) is 4.93. The van der Waals surface area contributed by atoms with Crippen LogP contribution in [0.1, 0.15) is 45.0 Å². The van der Waals surface area contributed by atoms with E-state index in [-0.39, 0.29) is 12.3 Å². The van der Waals surface area contributed by atoms with Crippen LogP contribution in [0.4, 0.5) is 0 Å². The van der Waals surface area contributed by atoms with Gasteiger partial charge in [0.05, 0.1) is 35.6 Å². The van der Waals surface area contributed by atoms with E-state index in [9.17, 15) is 0 Å². The van der Waals surface area contributed by atoms with Crippen molar-refractivity contribution in [3.8, 4) is 0 Å². The summed E-state index contributed by atoms with van der Waals surface area (Å²) < 4.78 is 14.2. The highest BCUT2D eigenvalue weighted by Gasteiger charge is 2.26. The average molecular weight is 332 g/mol. The van der Waals surface area contributed by atoms with Gasteiger partial charge in [-0.2, -0.15) is 5.10 Å². The first-order chi connectivity index (χ1) is 9.13. The minimum absolute atomic E-state index is 0.119. The van der Waals surface area contributed by atoms with Crippen molar-refractivity contribution in [2.75, 3.05) is 19.8 Å². The van der Waals surface area contributed by atoms with E-state index >= 15 is 0 Å². The Morgan fingerprint density at radius 3 is 2.74 bits per heavy atom. The van der Waals surface area contributed by atoms with E-state index in [0.29, 0.717) is 19.3 Å². The highest BCUT2D eigenvalue weighted by molar-refractivity contribution is 9.10. The monoisotopic (exact) mass is 331 g/mol. The van der Waals surface area contributed by atoms with E-state index in [2.05, 4.69) is 47.1 Å². The minimum Gasteiger partial charge on any atom is -0.350 e. The molecule has 0 spiro atoms. The van der Waals surface area contributed by atoms with Gasteiger partial charge in [0.2, 0.25) is 0 Å². The fourth-order valence-electron chi connectivity index (χ4n) is 2.36. The number of aromatic nitrogens is 2. The molecule has 1 atom stereocenters. The summed E-state index contributed by atoms with van der Waals surface area (Å²) in [6.07, 6.45) is 2.53. The van der Waals surface area contributed by atoms with Crippen LogP contribution in [-0.4, -0.2) is 35.8 Å². The fourth-order valence-corrected chi connectivity index (χ4v) is 2.91. The van der Waals surface area contributed by atoms with E-state index in [0.717, 1.165) is 23.1 Å². The van der Waals surface area contributed by atoms with Gasteiger partial charge in [0.15, 0.2) is 6.29 Å². The zero-order valence-corrected chi connectivity index (χ0v) is 13.3. The number of nitrogens with one attached hydrogen (secondary N) is 1. The Balaban J connectivity index is 2.19. The van der Waals surface area contributed by atoms with Gasteiger partial charge in [0.1, 0.15) is 0 Å². The van der Waals surface area contributed by atoms with Gasteiger partial charge in [-0.25, -0.2) is 0 Å². The molecule has 5 nitrogen and oxygen atoms in total. The quantitative estimate of drug-likeness (QED) is 0.870. The summed E-state index contributed by atoms with van der Waals surface area (Å²) in [5.74, 6) is 0. The molecule has 2 heterocycles. The normalized spacial score (nSPS) is 18.4. The van der Waals surface area contributed by atoms with Crippen LogP contribution in [0.5, 0.6) is 0 Å². The maximum absolute atomic E-state index is 5.56. The van der Waals surface area contributed by atoms with Crippen molar-refractivity contribution in [2.45, 2.75) is 45.6 Å². The molecule has 1 saturated heterocycles. The first-order valence-corrected chi connectivity index (χ1v) is 7.62. The number of halogens is 1. The lowest BCUT2D eigenvalue weighted by Crippen LogP contribution is -2.28. The Labute approximate surface area is 122 Å². The van der Waals surface area contributed by atoms with Crippen molar-refractivity contribution in [3.63, 3.8) is 0 Å². The second-order valence-corrected chi connectivity index (χ2v) is 5.79. The predicted octanol–water partition coefficient (Wildman–Crippen LogP) is 2.64. The summed E-state index contributed by atoms with van der Waals surface area (Å²) in [5, 5.41) is 7.94. The Morgan fingerprint density at radius 1 is 1.47 bits per heavy atom. The number of hydrogen-bond donors (Lipinski definition) is 1. The molecule has 0 saturated carbocycles. The standard InChI is InChI=1S/C13H22BrN3O2/c1-4-15-11(7-12-18-5-6-19-12)13-10(14)8-16-17(13)9(2)3/h8-9,11-12,15H,4-7H2,1-3H3. The van der Waals surface area contributed by atoms with Crippen LogP contribution in [0.15, 0.2) is 10.7 Å². The van der Waals surface area contributed by atoms with Gasteiger partial charge >= 0.3 is 0 Å². The van der Waals surface area contributed by atoms with Crippen molar-refractivity contribution in [3.05, 3.63) is 16.4 Å². The summed E-state index contributed by atoms with van der Waals surface area (Å²) in [5.41, 5.74) is 1.16. The number of nitrogens with zero attached hydrogens (tertiary/aromatic N) is 2. The summed E-state index contributed by atoms with van der Waals surface area (Å²) in [6, 6.07) is 0.500. The van der Waals surface area contributed by atoms with Crippen LogP contribution >= 0.6 is 15.9 Å². The largest absolute Gasteiger partial charge is 0.350 e. The molecule has 1 aliphatic rings. The zero-order valence-electron chi connectivity index (χ0n) is 11.7. The third-order valence-corrected chi connectivity index (χ3v) is 3.79. The third-order valence-electron chi connectivity index (χ3n) is 3.18. The molecular weight excluding hydrogens is 310 g/mol. The van der Waals surface area contributed by atoms with Crippen molar-refractivity contribution in [1.82, 2.24) is 15.1 Å². The van der Waals surface area contributed by atoms with E-state index in [1.54, 1.807) is 0 Å². The molecule has 0 aliphatic carbocycles. The highest BCUT2D eigenvalue weighted by Crippen LogP contribution is 2.30. The van der Waals surface area contributed by atoms with Crippen molar-refractivity contribution >= 4 is 15.9 Å². The number of hydrogen-bond acceptors (Lipinski definition) is 4. The van der Waals surface area contributed by atoms with Gasteiger partial charge in [-0.15, -0.1) is 0 Å². The molecule has 1 aliphatic heterocycles. The molecule has 1 N–H and O–H groups in total. The van der Waals surface area contributed by atoms with Gasteiger partial charge in [0, 0.05) is 12.5 Å². The van der Waals surface area contributed by atoms with E-state index in [1.807, 2.05) is 10.9 Å².